The number of benzene rings is 1. The van der Waals surface area contributed by atoms with Crippen LogP contribution < -0.4 is 0 Å². The lowest BCUT2D eigenvalue weighted by molar-refractivity contribution is 0.0594. The summed E-state index contributed by atoms with van der Waals surface area (Å²) in [7, 11) is 1.36. The summed E-state index contributed by atoms with van der Waals surface area (Å²) in [5.41, 5.74) is 4.49. The average Bonchev–Trinajstić information content (AvgIpc) is 2.38. The number of pyridine rings is 1. The van der Waals surface area contributed by atoms with E-state index < -0.39 is 5.97 Å². The molecule has 0 radical (unpaired) electrons. The number of hydrogen-bond donors (Lipinski definition) is 0. The van der Waals surface area contributed by atoms with Crippen molar-refractivity contribution in [2.24, 2.45) is 0 Å². The largest absolute Gasteiger partial charge is 0.464 e. The molecule has 0 saturated heterocycles. The van der Waals surface area contributed by atoms with E-state index in [9.17, 15) is 4.79 Å². The average molecular weight is 241 g/mol. The first-order valence-corrected chi connectivity index (χ1v) is 5.75. The molecular formula is C15H15NO2. The molecule has 0 aliphatic rings. The van der Waals surface area contributed by atoms with Crippen LogP contribution in [0.3, 0.4) is 0 Å². The maximum atomic E-state index is 11.5. The van der Waals surface area contributed by atoms with Gasteiger partial charge in [0.1, 0.15) is 5.69 Å². The number of nitrogens with zero attached hydrogens (tertiary/aromatic N) is 1. The maximum Gasteiger partial charge on any atom is 0.356 e. The lowest BCUT2D eigenvalue weighted by Crippen LogP contribution is -2.05. The van der Waals surface area contributed by atoms with E-state index in [0.29, 0.717) is 5.69 Å². The smallest absolute Gasteiger partial charge is 0.356 e. The third kappa shape index (κ3) is 2.25. The number of ether oxygens (including phenoxy) is 1. The third-order valence-corrected chi connectivity index (χ3v) is 2.88. The van der Waals surface area contributed by atoms with Crippen LogP contribution in [0.1, 0.15) is 21.6 Å². The molecule has 0 bridgehead atoms. The van der Waals surface area contributed by atoms with Crippen molar-refractivity contribution < 1.29 is 9.53 Å². The van der Waals surface area contributed by atoms with Gasteiger partial charge in [-0.05, 0) is 37.1 Å². The third-order valence-electron chi connectivity index (χ3n) is 2.88. The molecule has 0 unspecified atom stereocenters. The number of carbonyl (C=O) groups is 1. The van der Waals surface area contributed by atoms with Gasteiger partial charge in [0.15, 0.2) is 0 Å². The molecule has 92 valence electrons. The molecule has 1 aromatic heterocycles. The van der Waals surface area contributed by atoms with Crippen LogP contribution in [0.4, 0.5) is 0 Å². The van der Waals surface area contributed by atoms with Gasteiger partial charge in [0.05, 0.1) is 12.8 Å². The zero-order chi connectivity index (χ0) is 13.1. The fourth-order valence-electron chi connectivity index (χ4n) is 2.01. The van der Waals surface area contributed by atoms with Crippen LogP contribution in [-0.4, -0.2) is 18.1 Å². The highest BCUT2D eigenvalue weighted by Gasteiger charge is 2.11. The Hall–Kier alpha value is -2.16. The number of carbonyl (C=O) groups excluding carboxylic acids is 1. The molecule has 3 heteroatoms. The summed E-state index contributed by atoms with van der Waals surface area (Å²) < 4.78 is 4.69. The van der Waals surface area contributed by atoms with Crippen molar-refractivity contribution in [1.82, 2.24) is 4.98 Å². The summed E-state index contributed by atoms with van der Waals surface area (Å²) in [5.74, 6) is -0.414. The van der Waals surface area contributed by atoms with Crippen LogP contribution in [0.5, 0.6) is 0 Å². The van der Waals surface area contributed by atoms with E-state index in [2.05, 4.69) is 9.72 Å². The first-order chi connectivity index (χ1) is 8.63. The van der Waals surface area contributed by atoms with E-state index in [-0.39, 0.29) is 0 Å². The van der Waals surface area contributed by atoms with E-state index in [1.54, 1.807) is 6.07 Å². The SMILES string of the molecule is COC(=O)c1cccc(-c2c(C)cccc2C)n1. The molecule has 2 rings (SSSR count). The molecule has 0 atom stereocenters. The zero-order valence-electron chi connectivity index (χ0n) is 10.7. The fourth-order valence-corrected chi connectivity index (χ4v) is 2.01. The van der Waals surface area contributed by atoms with Crippen LogP contribution in [0, 0.1) is 13.8 Å². The van der Waals surface area contributed by atoms with Crippen molar-refractivity contribution in [2.45, 2.75) is 13.8 Å². The summed E-state index contributed by atoms with van der Waals surface area (Å²) >= 11 is 0. The van der Waals surface area contributed by atoms with Crippen LogP contribution >= 0.6 is 0 Å². The Morgan fingerprint density at radius 1 is 1.06 bits per heavy atom. The Morgan fingerprint density at radius 2 is 1.67 bits per heavy atom. The van der Waals surface area contributed by atoms with Gasteiger partial charge in [-0.15, -0.1) is 0 Å². The topological polar surface area (TPSA) is 39.2 Å². The van der Waals surface area contributed by atoms with Gasteiger partial charge in [0, 0.05) is 5.56 Å². The minimum Gasteiger partial charge on any atom is -0.464 e. The maximum absolute atomic E-state index is 11.5. The zero-order valence-corrected chi connectivity index (χ0v) is 10.7. The molecule has 0 fully saturated rings. The van der Waals surface area contributed by atoms with Crippen molar-refractivity contribution >= 4 is 5.97 Å². The number of methoxy groups -OCH3 is 1. The van der Waals surface area contributed by atoms with Gasteiger partial charge in [0.2, 0.25) is 0 Å². The van der Waals surface area contributed by atoms with Crippen molar-refractivity contribution in [1.29, 1.82) is 0 Å². The predicted octanol–water partition coefficient (Wildman–Crippen LogP) is 3.15. The molecule has 0 saturated carbocycles. The van der Waals surface area contributed by atoms with Crippen molar-refractivity contribution in [3.05, 3.63) is 53.2 Å². The van der Waals surface area contributed by atoms with Crippen LogP contribution in [0.15, 0.2) is 36.4 Å². The fraction of sp³-hybridized carbons (Fsp3) is 0.200. The number of hydrogen-bond acceptors (Lipinski definition) is 3. The second kappa shape index (κ2) is 5.00. The molecule has 0 N–H and O–H groups in total. The monoisotopic (exact) mass is 241 g/mol. The van der Waals surface area contributed by atoms with E-state index >= 15 is 0 Å². The molecule has 1 heterocycles. The Kier molecular flexibility index (Phi) is 3.42. The number of rotatable bonds is 2. The van der Waals surface area contributed by atoms with Crippen molar-refractivity contribution in [3.8, 4) is 11.3 Å². The summed E-state index contributed by atoms with van der Waals surface area (Å²) in [4.78, 5) is 15.8. The summed E-state index contributed by atoms with van der Waals surface area (Å²) in [6.45, 7) is 4.07. The van der Waals surface area contributed by atoms with E-state index in [1.807, 2.05) is 44.2 Å². The van der Waals surface area contributed by atoms with Crippen molar-refractivity contribution in [2.75, 3.05) is 7.11 Å². The van der Waals surface area contributed by atoms with Gasteiger partial charge in [-0.3, -0.25) is 0 Å². The molecule has 3 nitrogen and oxygen atoms in total. The van der Waals surface area contributed by atoms with E-state index in [0.717, 1.165) is 22.4 Å². The molecule has 0 spiro atoms. The van der Waals surface area contributed by atoms with Gasteiger partial charge >= 0.3 is 5.97 Å². The Labute approximate surface area is 106 Å². The number of aromatic nitrogens is 1. The molecule has 18 heavy (non-hydrogen) atoms. The Bertz CT molecular complexity index is 571. The van der Waals surface area contributed by atoms with Crippen LogP contribution in [-0.2, 0) is 4.74 Å². The lowest BCUT2D eigenvalue weighted by atomic mass is 9.99. The van der Waals surface area contributed by atoms with Gasteiger partial charge < -0.3 is 4.74 Å². The Balaban J connectivity index is 2.55. The molecule has 1 aromatic carbocycles. The van der Waals surface area contributed by atoms with Gasteiger partial charge in [-0.1, -0.05) is 24.3 Å². The standard InChI is InChI=1S/C15H15NO2/c1-10-6-4-7-11(2)14(10)12-8-5-9-13(16-12)15(17)18-3/h4-9H,1-3H3. The first kappa shape index (κ1) is 12.3. The second-order valence-electron chi connectivity index (χ2n) is 4.17. The molecule has 0 aliphatic carbocycles. The molecule has 2 aromatic rings. The van der Waals surface area contributed by atoms with Crippen molar-refractivity contribution in [3.63, 3.8) is 0 Å². The molecule has 0 aliphatic heterocycles. The van der Waals surface area contributed by atoms with Gasteiger partial charge in [-0.25, -0.2) is 9.78 Å². The molecular weight excluding hydrogens is 226 g/mol. The van der Waals surface area contributed by atoms with Crippen LogP contribution in [0.25, 0.3) is 11.3 Å². The van der Waals surface area contributed by atoms with Gasteiger partial charge in [0.25, 0.3) is 0 Å². The highest BCUT2D eigenvalue weighted by molar-refractivity contribution is 5.88. The molecule has 0 amide bonds. The summed E-state index contributed by atoms with van der Waals surface area (Å²) in [5, 5.41) is 0. The summed E-state index contributed by atoms with van der Waals surface area (Å²) in [6, 6.07) is 11.5. The second-order valence-corrected chi connectivity index (χ2v) is 4.17. The van der Waals surface area contributed by atoms with E-state index in [4.69, 9.17) is 0 Å². The highest BCUT2D eigenvalue weighted by Crippen LogP contribution is 2.25. The minimum absolute atomic E-state index is 0.331. The normalized spacial score (nSPS) is 10.2. The quantitative estimate of drug-likeness (QED) is 0.758. The van der Waals surface area contributed by atoms with Crippen LogP contribution in [0.2, 0.25) is 0 Å². The Morgan fingerprint density at radius 3 is 2.28 bits per heavy atom. The number of esters is 1. The van der Waals surface area contributed by atoms with E-state index in [1.165, 1.54) is 7.11 Å². The number of aryl methyl sites for hydroxylation is 2. The summed E-state index contributed by atoms with van der Waals surface area (Å²) in [6.07, 6.45) is 0. The lowest BCUT2D eigenvalue weighted by Gasteiger charge is -2.09. The predicted molar refractivity (Wildman–Crippen MR) is 70.5 cm³/mol. The minimum atomic E-state index is -0.414. The van der Waals surface area contributed by atoms with Gasteiger partial charge in [-0.2, -0.15) is 0 Å². The first-order valence-electron chi connectivity index (χ1n) is 5.75. The highest BCUT2D eigenvalue weighted by atomic mass is 16.5.